The number of ether oxygens (including phenoxy) is 5. The van der Waals surface area contributed by atoms with E-state index in [1.54, 1.807) is 35.5 Å². The maximum absolute atomic E-state index is 6.29. The van der Waals surface area contributed by atoms with Gasteiger partial charge in [0.05, 0.1) is 35.5 Å². The van der Waals surface area contributed by atoms with Gasteiger partial charge in [0.15, 0.2) is 34.3 Å². The molecule has 0 radical (unpaired) electrons. The van der Waals surface area contributed by atoms with E-state index in [-0.39, 0.29) is 0 Å². The lowest BCUT2D eigenvalue weighted by atomic mass is 9.92. The Morgan fingerprint density at radius 1 is 0.541 bits per heavy atom. The molecule has 6 aromatic rings. The smallest absolute Gasteiger partial charge is 0.227 e. The predicted molar refractivity (Wildman–Crippen MR) is 145 cm³/mol. The summed E-state index contributed by atoms with van der Waals surface area (Å²) in [5, 5.41) is 5.67. The molecule has 5 aromatic carbocycles. The van der Waals surface area contributed by atoms with Crippen LogP contribution in [0, 0.1) is 0 Å². The van der Waals surface area contributed by atoms with Gasteiger partial charge in [-0.1, -0.05) is 18.2 Å². The monoisotopic (exact) mass is 495 g/mol. The second-order valence-corrected chi connectivity index (χ2v) is 8.57. The van der Waals surface area contributed by atoms with Crippen LogP contribution >= 0.6 is 0 Å². The van der Waals surface area contributed by atoms with E-state index in [1.165, 1.54) is 0 Å². The molecule has 0 spiro atoms. The van der Waals surface area contributed by atoms with Crippen molar-refractivity contribution in [2.24, 2.45) is 0 Å². The van der Waals surface area contributed by atoms with E-state index in [2.05, 4.69) is 0 Å². The van der Waals surface area contributed by atoms with Gasteiger partial charge >= 0.3 is 0 Å². The van der Waals surface area contributed by atoms with Gasteiger partial charge in [-0.25, -0.2) is 4.98 Å². The Labute approximate surface area is 213 Å². The molecule has 0 aliphatic rings. The van der Waals surface area contributed by atoms with Gasteiger partial charge in [0.25, 0.3) is 0 Å². The number of oxazole rings is 1. The van der Waals surface area contributed by atoms with Crippen LogP contribution in [0.25, 0.3) is 54.9 Å². The molecule has 0 atom stereocenters. The average molecular weight is 496 g/mol. The number of methoxy groups -OCH3 is 5. The first-order valence-corrected chi connectivity index (χ1v) is 11.7. The van der Waals surface area contributed by atoms with Crippen molar-refractivity contribution in [3.05, 3.63) is 60.7 Å². The van der Waals surface area contributed by atoms with Crippen molar-refractivity contribution in [3.8, 4) is 40.2 Å². The van der Waals surface area contributed by atoms with Gasteiger partial charge in [0, 0.05) is 10.9 Å². The maximum Gasteiger partial charge on any atom is 0.227 e. The van der Waals surface area contributed by atoms with Gasteiger partial charge < -0.3 is 28.1 Å². The Kier molecular flexibility index (Phi) is 5.41. The summed E-state index contributed by atoms with van der Waals surface area (Å²) < 4.78 is 34.7. The highest BCUT2D eigenvalue weighted by atomic mass is 16.5. The van der Waals surface area contributed by atoms with Crippen molar-refractivity contribution in [3.63, 3.8) is 0 Å². The zero-order valence-corrected chi connectivity index (χ0v) is 21.2. The normalized spacial score (nSPS) is 11.4. The van der Waals surface area contributed by atoms with Crippen molar-refractivity contribution < 1.29 is 28.1 Å². The standard InChI is InChI=1S/C30H25NO6/c1-32-22-11-17-18-12-24(34-3)25(35-4)14-20(18)27-21(19(17)13-23(22)33-2)15-26(36-5)29-28(27)31-30(37-29)16-9-7-6-8-10-16/h6-15H,1-5H3. The number of benzene rings is 5. The Morgan fingerprint density at radius 2 is 0.973 bits per heavy atom. The summed E-state index contributed by atoms with van der Waals surface area (Å²) in [6.45, 7) is 0. The lowest BCUT2D eigenvalue weighted by Crippen LogP contribution is -1.95. The molecule has 7 heteroatoms. The molecular weight excluding hydrogens is 470 g/mol. The highest BCUT2D eigenvalue weighted by molar-refractivity contribution is 6.32. The molecule has 6 rings (SSSR count). The third-order valence-corrected chi connectivity index (χ3v) is 6.77. The summed E-state index contributed by atoms with van der Waals surface area (Å²) in [5.41, 5.74) is 2.15. The fourth-order valence-corrected chi connectivity index (χ4v) is 5.03. The summed E-state index contributed by atoms with van der Waals surface area (Å²) in [4.78, 5) is 4.98. The van der Waals surface area contributed by atoms with Crippen molar-refractivity contribution >= 4 is 43.4 Å². The zero-order chi connectivity index (χ0) is 25.7. The molecule has 7 nitrogen and oxygen atoms in total. The van der Waals surface area contributed by atoms with E-state index in [9.17, 15) is 0 Å². The first kappa shape index (κ1) is 22.8. The minimum atomic E-state index is 0.516. The average Bonchev–Trinajstić information content (AvgIpc) is 3.41. The first-order chi connectivity index (χ1) is 18.1. The largest absolute Gasteiger partial charge is 0.493 e. The van der Waals surface area contributed by atoms with Gasteiger partial charge in [-0.2, -0.15) is 0 Å². The first-order valence-electron chi connectivity index (χ1n) is 11.7. The summed E-state index contributed by atoms with van der Waals surface area (Å²) >= 11 is 0. The predicted octanol–water partition coefficient (Wildman–Crippen LogP) is 7.00. The van der Waals surface area contributed by atoms with Crippen LogP contribution in [0.15, 0.2) is 65.1 Å². The van der Waals surface area contributed by atoms with Gasteiger partial charge in [0.2, 0.25) is 5.89 Å². The molecule has 0 bridgehead atoms. The van der Waals surface area contributed by atoms with E-state index in [0.29, 0.717) is 45.7 Å². The molecular formula is C30H25NO6. The Hall–Kier alpha value is -4.65. The molecule has 1 heterocycles. The molecule has 0 N–H and O–H groups in total. The number of nitrogens with zero attached hydrogens (tertiary/aromatic N) is 1. The van der Waals surface area contributed by atoms with Crippen LogP contribution in [0.1, 0.15) is 0 Å². The van der Waals surface area contributed by atoms with Crippen LogP contribution < -0.4 is 23.7 Å². The molecule has 0 fully saturated rings. The number of fused-ring (bicyclic) bond motifs is 8. The number of hydrogen-bond donors (Lipinski definition) is 0. The van der Waals surface area contributed by atoms with E-state index in [4.69, 9.17) is 33.1 Å². The van der Waals surface area contributed by atoms with E-state index in [0.717, 1.165) is 37.9 Å². The van der Waals surface area contributed by atoms with Crippen LogP contribution in [-0.2, 0) is 0 Å². The molecule has 0 aliphatic carbocycles. The van der Waals surface area contributed by atoms with Crippen LogP contribution in [-0.4, -0.2) is 40.5 Å². The highest BCUT2D eigenvalue weighted by Crippen LogP contribution is 2.48. The van der Waals surface area contributed by atoms with Crippen LogP contribution in [0.2, 0.25) is 0 Å². The number of rotatable bonds is 6. The van der Waals surface area contributed by atoms with Crippen molar-refractivity contribution in [2.45, 2.75) is 0 Å². The van der Waals surface area contributed by atoms with Crippen molar-refractivity contribution in [1.29, 1.82) is 0 Å². The number of aromatic nitrogens is 1. The second-order valence-electron chi connectivity index (χ2n) is 8.57. The number of hydrogen-bond acceptors (Lipinski definition) is 7. The molecule has 0 saturated heterocycles. The molecule has 0 unspecified atom stereocenters. The van der Waals surface area contributed by atoms with Crippen molar-refractivity contribution in [1.82, 2.24) is 4.98 Å². The van der Waals surface area contributed by atoms with E-state index in [1.807, 2.05) is 60.7 Å². The van der Waals surface area contributed by atoms with E-state index >= 15 is 0 Å². The fourth-order valence-electron chi connectivity index (χ4n) is 5.03. The topological polar surface area (TPSA) is 72.2 Å². The summed E-state index contributed by atoms with van der Waals surface area (Å²) in [6, 6.07) is 19.7. The van der Waals surface area contributed by atoms with Crippen molar-refractivity contribution in [2.75, 3.05) is 35.5 Å². The summed E-state index contributed by atoms with van der Waals surface area (Å²) in [7, 11) is 8.14. The van der Waals surface area contributed by atoms with Gasteiger partial charge in [-0.15, -0.1) is 0 Å². The molecule has 0 saturated carbocycles. The maximum atomic E-state index is 6.29. The van der Waals surface area contributed by atoms with E-state index < -0.39 is 0 Å². The lowest BCUT2D eigenvalue weighted by Gasteiger charge is -2.17. The highest BCUT2D eigenvalue weighted by Gasteiger charge is 2.23. The summed E-state index contributed by atoms with van der Waals surface area (Å²) in [6.07, 6.45) is 0. The Balaban J connectivity index is 1.87. The summed E-state index contributed by atoms with van der Waals surface area (Å²) in [5.74, 6) is 3.61. The third-order valence-electron chi connectivity index (χ3n) is 6.77. The molecule has 1 aromatic heterocycles. The molecule has 0 aliphatic heterocycles. The molecule has 37 heavy (non-hydrogen) atoms. The van der Waals surface area contributed by atoms with Crippen LogP contribution in [0.4, 0.5) is 0 Å². The Morgan fingerprint density at radius 3 is 1.46 bits per heavy atom. The van der Waals surface area contributed by atoms with Gasteiger partial charge in [-0.05, 0) is 69.4 Å². The van der Waals surface area contributed by atoms with Crippen LogP contribution in [0.3, 0.4) is 0 Å². The quantitative estimate of drug-likeness (QED) is 0.230. The second kappa shape index (κ2) is 8.78. The minimum Gasteiger partial charge on any atom is -0.493 e. The minimum absolute atomic E-state index is 0.516. The van der Waals surface area contributed by atoms with Gasteiger partial charge in [0.1, 0.15) is 5.52 Å². The zero-order valence-electron chi connectivity index (χ0n) is 21.2. The van der Waals surface area contributed by atoms with Crippen LogP contribution in [0.5, 0.6) is 28.7 Å². The van der Waals surface area contributed by atoms with Gasteiger partial charge in [-0.3, -0.25) is 0 Å². The fraction of sp³-hybridized carbons (Fsp3) is 0.167. The lowest BCUT2D eigenvalue weighted by molar-refractivity contribution is 0.355. The Bertz CT molecular complexity index is 1770. The molecule has 186 valence electrons. The molecule has 0 amide bonds. The third kappa shape index (κ3) is 3.38. The SMILES string of the molecule is COc1cc2c3cc(OC)c(OC)cc3c3c(cc(OC)c4oc(-c5ccccc5)nc43)c2cc1OC.